The lowest BCUT2D eigenvalue weighted by Gasteiger charge is -2.41. The Bertz CT molecular complexity index is 4010. The van der Waals surface area contributed by atoms with E-state index in [1.165, 1.54) is 76.7 Å². The molecule has 0 unspecified atom stereocenters. The van der Waals surface area contributed by atoms with Gasteiger partial charge >= 0.3 is 0 Å². The van der Waals surface area contributed by atoms with Crippen molar-refractivity contribution in [1.29, 1.82) is 0 Å². The Morgan fingerprint density at radius 3 is 1.35 bits per heavy atom. The number of hydrogen-bond acceptors (Lipinski definition) is 16. The Kier molecular flexibility index (Phi) is 22.5. The topological polar surface area (TPSA) is 194 Å². The van der Waals surface area contributed by atoms with E-state index in [-0.39, 0.29) is 58.9 Å². The number of sulfonamides is 2. The second-order valence-corrected chi connectivity index (χ2v) is 27.5. The zero-order valence-electron chi connectivity index (χ0n) is 51.6. The molecule has 6 aromatic carbocycles. The van der Waals surface area contributed by atoms with Gasteiger partial charge in [0, 0.05) is 77.0 Å². The average Bonchev–Trinajstić information content (AvgIpc) is 0.813. The fourth-order valence-corrected chi connectivity index (χ4v) is 15.6. The maximum Gasteiger partial charge on any atom is 0.268 e. The number of anilines is 4. The number of likely N-dealkylation sites (N-methyl/N-ethyl adjacent to an activating group) is 2. The van der Waals surface area contributed by atoms with Gasteiger partial charge in [-0.2, -0.15) is 0 Å². The average molecular weight is 1340 g/mol. The lowest BCUT2D eigenvalue weighted by molar-refractivity contribution is 0.196. The molecular formula is C66H73Cl3F2N10O8S2. The molecule has 0 bridgehead atoms. The molecular weight excluding hydrogens is 1270 g/mol. The van der Waals surface area contributed by atoms with Crippen LogP contribution in [0.3, 0.4) is 0 Å². The predicted octanol–water partition coefficient (Wildman–Crippen LogP) is 13.4. The number of benzene rings is 6. The standard InChI is InChI=1S/C33H36Cl2FN5O4S.C33H37ClFN5O4S/c1-40(2)30-15-22(21-6-5-7-24(34)14-21)9-11-28(30)39-29-18-27(36)32(17-26(29)35)46(42,43)41(33-12-13-37-20-38-33)19-23-8-10-25(44-3)16-31(23)45-4;1-39(2)30-16-23(22-8-6-5-7-9-22)11-13-28(30)38-29-19-27(35)32(18-26(29)34)45(41,42)40(33-14-15-36-21-37-33)20-24-10-12-25(43-3)17-31(24)44-4/h5-8,10,12-14,16-18,20,22,28,30,39H,9,11,15,19H2,1-4H3;5-10,12,14-15,17-19,21,23,28,30,38H,11,13,16,20H2,1-4H3/t22-,28-,30-;23-,28-,30-/m00/s1. The number of nitrogens with one attached hydrogen (secondary N) is 2. The summed E-state index contributed by atoms with van der Waals surface area (Å²) in [7, 11) is 5.06. The van der Waals surface area contributed by atoms with E-state index >= 15 is 8.78 Å². The van der Waals surface area contributed by atoms with E-state index in [9.17, 15) is 16.8 Å². The molecule has 10 rings (SSSR count). The third-order valence-corrected chi connectivity index (χ3v) is 21.1. The van der Waals surface area contributed by atoms with Crippen LogP contribution in [-0.4, -0.2) is 127 Å². The van der Waals surface area contributed by atoms with E-state index < -0.39 is 41.5 Å². The van der Waals surface area contributed by atoms with Crippen LogP contribution in [0.4, 0.5) is 31.8 Å². The molecule has 8 aromatic rings. The van der Waals surface area contributed by atoms with Gasteiger partial charge in [0.25, 0.3) is 20.0 Å². The number of nitrogens with zero attached hydrogens (tertiary/aromatic N) is 8. The minimum atomic E-state index is -4.51. The Labute approximate surface area is 546 Å². The van der Waals surface area contributed by atoms with Crippen molar-refractivity contribution < 1.29 is 44.6 Å². The third kappa shape index (κ3) is 16.0. The van der Waals surface area contributed by atoms with Crippen molar-refractivity contribution >= 4 is 77.9 Å². The molecule has 2 heterocycles. The summed E-state index contributed by atoms with van der Waals surface area (Å²) in [5.74, 6) is 0.843. The van der Waals surface area contributed by atoms with Gasteiger partial charge in [-0.15, -0.1) is 0 Å². The summed E-state index contributed by atoms with van der Waals surface area (Å²) in [6.07, 6.45) is 10.6. The molecule has 0 radical (unpaired) electrons. The molecule has 0 saturated heterocycles. The Balaban J connectivity index is 0.000000215. The highest BCUT2D eigenvalue weighted by Gasteiger charge is 2.38. The quantitative estimate of drug-likeness (QED) is 0.0650. The zero-order chi connectivity index (χ0) is 65.1. The monoisotopic (exact) mass is 1340 g/mol. The molecule has 2 saturated carbocycles. The zero-order valence-corrected chi connectivity index (χ0v) is 55.5. The number of hydrogen-bond donors (Lipinski definition) is 2. The van der Waals surface area contributed by atoms with E-state index in [0.29, 0.717) is 62.4 Å². The summed E-state index contributed by atoms with van der Waals surface area (Å²) < 4.78 is 112. The van der Waals surface area contributed by atoms with Crippen molar-refractivity contribution in [3.63, 3.8) is 0 Å². The molecule has 0 aliphatic heterocycles. The summed E-state index contributed by atoms with van der Waals surface area (Å²) in [5.41, 5.74) is 4.19. The number of ether oxygens (including phenoxy) is 4. The Morgan fingerprint density at radius 2 is 0.956 bits per heavy atom. The van der Waals surface area contributed by atoms with E-state index in [2.05, 4.69) is 70.7 Å². The Hall–Kier alpha value is -7.57. The van der Waals surface area contributed by atoms with Gasteiger partial charge < -0.3 is 39.4 Å². The van der Waals surface area contributed by atoms with E-state index in [1.807, 2.05) is 52.5 Å². The fourth-order valence-electron chi connectivity index (χ4n) is 11.9. The van der Waals surface area contributed by atoms with Crippen LogP contribution in [0.2, 0.25) is 15.1 Å². The second-order valence-electron chi connectivity index (χ2n) is 22.6. The molecule has 482 valence electrons. The van der Waals surface area contributed by atoms with Gasteiger partial charge in [0.15, 0.2) is 0 Å². The third-order valence-electron chi connectivity index (χ3n) is 16.7. The van der Waals surface area contributed by atoms with Crippen molar-refractivity contribution in [2.75, 3.05) is 75.9 Å². The Morgan fingerprint density at radius 1 is 0.516 bits per heavy atom. The molecule has 0 amide bonds. The first kappa shape index (κ1) is 67.8. The SMILES string of the molecule is COc1ccc(CN(c2ccncn2)S(=O)(=O)c2cc(Cl)c(N[C@H]3CC[C@H](c4cccc(Cl)c4)C[C@@H]3N(C)C)cc2F)c(OC)c1.COc1ccc(CN(c2ccncn2)S(=O)(=O)c2cc(Cl)c(N[C@H]3CC[C@H](c4ccccc4)C[C@@H]3N(C)C)cc2F)c(OC)c1. The van der Waals surface area contributed by atoms with Gasteiger partial charge in [-0.1, -0.05) is 77.3 Å². The molecule has 25 heteroatoms. The minimum Gasteiger partial charge on any atom is -0.497 e. The smallest absolute Gasteiger partial charge is 0.268 e. The lowest BCUT2D eigenvalue weighted by Crippen LogP contribution is -2.47. The van der Waals surface area contributed by atoms with Crippen molar-refractivity contribution in [1.82, 2.24) is 29.7 Å². The van der Waals surface area contributed by atoms with E-state index in [4.69, 9.17) is 53.8 Å². The normalized spacial score (nSPS) is 18.4. The number of halogens is 5. The van der Waals surface area contributed by atoms with Crippen molar-refractivity contribution in [2.45, 2.75) is 97.4 Å². The summed E-state index contributed by atoms with van der Waals surface area (Å²) >= 11 is 19.6. The highest BCUT2D eigenvalue weighted by molar-refractivity contribution is 7.93. The first-order chi connectivity index (χ1) is 43.6. The minimum absolute atomic E-state index is 0.0145. The predicted molar refractivity (Wildman–Crippen MR) is 354 cm³/mol. The van der Waals surface area contributed by atoms with Gasteiger partial charge in [-0.3, -0.25) is 0 Å². The second kappa shape index (κ2) is 30.2. The van der Waals surface area contributed by atoms with Crippen molar-refractivity contribution in [3.8, 4) is 23.0 Å². The number of rotatable bonds is 22. The fraction of sp³-hybridized carbons (Fsp3) is 0.333. The van der Waals surface area contributed by atoms with Gasteiger partial charge in [0.1, 0.15) is 68.7 Å². The maximum absolute atomic E-state index is 15.9. The molecule has 18 nitrogen and oxygen atoms in total. The summed E-state index contributed by atoms with van der Waals surface area (Å²) in [4.78, 5) is 19.3. The summed E-state index contributed by atoms with van der Waals surface area (Å²) in [5, 5.41) is 7.73. The first-order valence-electron chi connectivity index (χ1n) is 29.3. The highest BCUT2D eigenvalue weighted by atomic mass is 35.5. The summed E-state index contributed by atoms with van der Waals surface area (Å²) in [6, 6.07) is 36.1. The van der Waals surface area contributed by atoms with Crippen LogP contribution >= 0.6 is 34.8 Å². The van der Waals surface area contributed by atoms with Crippen LogP contribution in [0.1, 0.15) is 72.6 Å². The van der Waals surface area contributed by atoms with E-state index in [0.717, 1.165) is 71.4 Å². The molecule has 2 aliphatic carbocycles. The van der Waals surface area contributed by atoms with Crippen LogP contribution in [0.25, 0.3) is 0 Å². The van der Waals surface area contributed by atoms with Crippen molar-refractivity contribution in [3.05, 3.63) is 201 Å². The molecule has 2 aromatic heterocycles. The van der Waals surface area contributed by atoms with Crippen LogP contribution in [0, 0.1) is 11.6 Å². The first-order valence-corrected chi connectivity index (χ1v) is 33.3. The number of aromatic nitrogens is 4. The van der Waals surface area contributed by atoms with Gasteiger partial charge in [-0.25, -0.2) is 54.2 Å². The maximum atomic E-state index is 15.9. The van der Waals surface area contributed by atoms with Gasteiger partial charge in [0.2, 0.25) is 0 Å². The largest absolute Gasteiger partial charge is 0.497 e. The molecule has 91 heavy (non-hydrogen) atoms. The number of methoxy groups -OCH3 is 4. The van der Waals surface area contributed by atoms with Crippen LogP contribution < -0.4 is 38.2 Å². The highest BCUT2D eigenvalue weighted by Crippen LogP contribution is 2.42. The lowest BCUT2D eigenvalue weighted by atomic mass is 9.78. The van der Waals surface area contributed by atoms with Crippen LogP contribution in [-0.2, 0) is 33.1 Å². The molecule has 6 atom stereocenters. The van der Waals surface area contributed by atoms with Gasteiger partial charge in [0.05, 0.1) is 62.9 Å². The van der Waals surface area contributed by atoms with Crippen LogP contribution in [0.15, 0.2) is 162 Å². The molecule has 2 N–H and O–H groups in total. The van der Waals surface area contributed by atoms with Crippen LogP contribution in [0.5, 0.6) is 23.0 Å². The molecule has 0 spiro atoms. The summed E-state index contributed by atoms with van der Waals surface area (Å²) in [6.45, 7) is -0.400. The molecule has 2 aliphatic rings. The van der Waals surface area contributed by atoms with E-state index in [1.54, 1.807) is 36.4 Å². The van der Waals surface area contributed by atoms with Crippen molar-refractivity contribution in [2.24, 2.45) is 0 Å². The molecule has 2 fully saturated rings. The van der Waals surface area contributed by atoms with Gasteiger partial charge in [-0.05, 0) is 150 Å².